The van der Waals surface area contributed by atoms with E-state index in [9.17, 15) is 14.0 Å². The van der Waals surface area contributed by atoms with Crippen LogP contribution in [-0.4, -0.2) is 43.0 Å². The maximum atomic E-state index is 13.2. The summed E-state index contributed by atoms with van der Waals surface area (Å²) in [5.74, 6) is -0.00486. The molecule has 5 nitrogen and oxygen atoms in total. The van der Waals surface area contributed by atoms with E-state index in [4.69, 9.17) is 4.74 Å². The number of amides is 2. The SMILES string of the molecule is COc1ccc(CCN2CC(NC(=O)c3cccc(F)c3)CC2=O)cc1. The van der Waals surface area contributed by atoms with Gasteiger partial charge in [0.25, 0.3) is 5.91 Å². The van der Waals surface area contributed by atoms with Gasteiger partial charge in [-0.1, -0.05) is 18.2 Å². The summed E-state index contributed by atoms with van der Waals surface area (Å²) >= 11 is 0. The quantitative estimate of drug-likeness (QED) is 0.865. The van der Waals surface area contributed by atoms with Crippen molar-refractivity contribution in [1.29, 1.82) is 0 Å². The van der Waals surface area contributed by atoms with Crippen molar-refractivity contribution in [3.05, 3.63) is 65.5 Å². The second-order valence-electron chi connectivity index (χ2n) is 6.32. The van der Waals surface area contributed by atoms with Gasteiger partial charge in [0.15, 0.2) is 0 Å². The Kier molecular flexibility index (Phi) is 5.51. The lowest BCUT2D eigenvalue weighted by atomic mass is 10.1. The Balaban J connectivity index is 1.52. The summed E-state index contributed by atoms with van der Waals surface area (Å²) in [6.07, 6.45) is 1.00. The molecule has 2 amide bonds. The summed E-state index contributed by atoms with van der Waals surface area (Å²) in [7, 11) is 1.62. The zero-order valence-electron chi connectivity index (χ0n) is 14.6. The van der Waals surface area contributed by atoms with Gasteiger partial charge in [-0.15, -0.1) is 0 Å². The van der Waals surface area contributed by atoms with Crippen LogP contribution in [-0.2, 0) is 11.2 Å². The number of hydrogen-bond donors (Lipinski definition) is 1. The minimum atomic E-state index is -0.457. The average molecular weight is 356 g/mol. The second kappa shape index (κ2) is 7.99. The molecule has 3 rings (SSSR count). The summed E-state index contributed by atoms with van der Waals surface area (Å²) in [6.45, 7) is 1.06. The number of benzene rings is 2. The van der Waals surface area contributed by atoms with Gasteiger partial charge in [-0.2, -0.15) is 0 Å². The molecule has 0 radical (unpaired) electrons. The molecule has 2 aromatic carbocycles. The first-order chi connectivity index (χ1) is 12.5. The third kappa shape index (κ3) is 4.39. The third-order valence-corrected chi connectivity index (χ3v) is 4.47. The maximum Gasteiger partial charge on any atom is 0.251 e. The van der Waals surface area contributed by atoms with E-state index in [0.717, 1.165) is 17.7 Å². The molecule has 1 heterocycles. The van der Waals surface area contributed by atoms with Gasteiger partial charge in [-0.25, -0.2) is 4.39 Å². The van der Waals surface area contributed by atoms with Gasteiger partial charge in [0.2, 0.25) is 5.91 Å². The minimum Gasteiger partial charge on any atom is -0.497 e. The van der Waals surface area contributed by atoms with Crippen LogP contribution in [0.1, 0.15) is 22.3 Å². The number of likely N-dealkylation sites (tertiary alicyclic amines) is 1. The van der Waals surface area contributed by atoms with E-state index >= 15 is 0 Å². The molecule has 1 N–H and O–H groups in total. The Morgan fingerprint density at radius 1 is 1.27 bits per heavy atom. The molecule has 1 unspecified atom stereocenters. The highest BCUT2D eigenvalue weighted by Gasteiger charge is 2.30. The predicted octanol–water partition coefficient (Wildman–Crippen LogP) is 2.41. The summed E-state index contributed by atoms with van der Waals surface area (Å²) in [4.78, 5) is 26.1. The van der Waals surface area contributed by atoms with Gasteiger partial charge < -0.3 is 15.0 Å². The number of rotatable bonds is 6. The van der Waals surface area contributed by atoms with E-state index in [1.54, 1.807) is 18.1 Å². The first-order valence-corrected chi connectivity index (χ1v) is 8.52. The molecule has 1 saturated heterocycles. The van der Waals surface area contributed by atoms with Crippen LogP contribution in [0.4, 0.5) is 4.39 Å². The first-order valence-electron chi connectivity index (χ1n) is 8.52. The van der Waals surface area contributed by atoms with E-state index in [1.165, 1.54) is 18.2 Å². The number of nitrogens with one attached hydrogen (secondary N) is 1. The highest BCUT2D eigenvalue weighted by molar-refractivity contribution is 5.95. The van der Waals surface area contributed by atoms with Gasteiger partial charge >= 0.3 is 0 Å². The summed E-state index contributed by atoms with van der Waals surface area (Å²) < 4.78 is 18.4. The molecular weight excluding hydrogens is 335 g/mol. The Morgan fingerprint density at radius 3 is 2.73 bits per heavy atom. The van der Waals surface area contributed by atoms with E-state index in [0.29, 0.717) is 13.1 Å². The topological polar surface area (TPSA) is 58.6 Å². The molecule has 0 spiro atoms. The lowest BCUT2D eigenvalue weighted by Crippen LogP contribution is -2.37. The molecule has 136 valence electrons. The number of carbonyl (C=O) groups is 2. The van der Waals surface area contributed by atoms with Crippen molar-refractivity contribution in [2.45, 2.75) is 18.9 Å². The van der Waals surface area contributed by atoms with Crippen LogP contribution >= 0.6 is 0 Å². The Morgan fingerprint density at radius 2 is 2.04 bits per heavy atom. The van der Waals surface area contributed by atoms with E-state index in [1.807, 2.05) is 24.3 Å². The zero-order chi connectivity index (χ0) is 18.5. The lowest BCUT2D eigenvalue weighted by molar-refractivity contribution is -0.127. The van der Waals surface area contributed by atoms with E-state index < -0.39 is 5.82 Å². The summed E-state index contributed by atoms with van der Waals surface area (Å²) in [6, 6.07) is 13.0. The van der Waals surface area contributed by atoms with Crippen LogP contribution in [0.2, 0.25) is 0 Å². The van der Waals surface area contributed by atoms with Gasteiger partial charge in [-0.05, 0) is 42.3 Å². The smallest absolute Gasteiger partial charge is 0.251 e. The predicted molar refractivity (Wildman–Crippen MR) is 95.5 cm³/mol. The van der Waals surface area contributed by atoms with Crippen molar-refractivity contribution in [2.24, 2.45) is 0 Å². The summed E-state index contributed by atoms with van der Waals surface area (Å²) in [5, 5.41) is 2.81. The van der Waals surface area contributed by atoms with Crippen LogP contribution in [0.25, 0.3) is 0 Å². The Labute approximate surface area is 151 Å². The van der Waals surface area contributed by atoms with Crippen molar-refractivity contribution in [3.8, 4) is 5.75 Å². The Hall–Kier alpha value is -2.89. The zero-order valence-corrected chi connectivity index (χ0v) is 14.6. The standard InChI is InChI=1S/C20H21FN2O3/c1-26-18-7-5-14(6-8-18)9-10-23-13-17(12-19(23)24)22-20(25)15-3-2-4-16(21)11-15/h2-8,11,17H,9-10,12-13H2,1H3,(H,22,25). The number of ether oxygens (including phenoxy) is 1. The fourth-order valence-corrected chi connectivity index (χ4v) is 3.04. The molecular formula is C20H21FN2O3. The van der Waals surface area contributed by atoms with E-state index in [2.05, 4.69) is 5.32 Å². The molecule has 0 aromatic heterocycles. The lowest BCUT2D eigenvalue weighted by Gasteiger charge is -2.17. The van der Waals surface area contributed by atoms with Gasteiger partial charge in [0, 0.05) is 25.1 Å². The van der Waals surface area contributed by atoms with Gasteiger partial charge in [-0.3, -0.25) is 9.59 Å². The van der Waals surface area contributed by atoms with Crippen LogP contribution in [0, 0.1) is 5.82 Å². The van der Waals surface area contributed by atoms with Crippen molar-refractivity contribution in [2.75, 3.05) is 20.2 Å². The molecule has 6 heteroatoms. The molecule has 2 aromatic rings. The van der Waals surface area contributed by atoms with Crippen LogP contribution in [0.5, 0.6) is 5.75 Å². The summed E-state index contributed by atoms with van der Waals surface area (Å²) in [5.41, 5.74) is 1.37. The van der Waals surface area contributed by atoms with Gasteiger partial charge in [0.05, 0.1) is 13.2 Å². The number of hydrogen-bond acceptors (Lipinski definition) is 3. The van der Waals surface area contributed by atoms with Crippen molar-refractivity contribution < 1.29 is 18.7 Å². The fraction of sp³-hybridized carbons (Fsp3) is 0.300. The minimum absolute atomic E-state index is 0.0167. The highest BCUT2D eigenvalue weighted by atomic mass is 19.1. The molecule has 26 heavy (non-hydrogen) atoms. The monoisotopic (exact) mass is 356 g/mol. The number of carbonyl (C=O) groups excluding carboxylic acids is 2. The largest absolute Gasteiger partial charge is 0.497 e. The number of nitrogens with zero attached hydrogens (tertiary/aromatic N) is 1. The van der Waals surface area contributed by atoms with Crippen molar-refractivity contribution >= 4 is 11.8 Å². The molecule has 1 fully saturated rings. The third-order valence-electron chi connectivity index (χ3n) is 4.47. The van der Waals surface area contributed by atoms with Crippen LogP contribution in [0.3, 0.4) is 0 Å². The highest BCUT2D eigenvalue weighted by Crippen LogP contribution is 2.15. The fourth-order valence-electron chi connectivity index (χ4n) is 3.04. The average Bonchev–Trinajstić information content (AvgIpc) is 2.99. The number of halogens is 1. The molecule has 0 bridgehead atoms. The molecule has 1 atom stereocenters. The van der Waals surface area contributed by atoms with Crippen LogP contribution in [0.15, 0.2) is 48.5 Å². The van der Waals surface area contributed by atoms with Crippen molar-refractivity contribution in [1.82, 2.24) is 10.2 Å². The maximum absolute atomic E-state index is 13.2. The van der Waals surface area contributed by atoms with Crippen LogP contribution < -0.4 is 10.1 Å². The van der Waals surface area contributed by atoms with Gasteiger partial charge in [0.1, 0.15) is 11.6 Å². The Bertz CT molecular complexity index is 792. The normalized spacial score (nSPS) is 16.6. The second-order valence-corrected chi connectivity index (χ2v) is 6.32. The van der Waals surface area contributed by atoms with Crippen molar-refractivity contribution in [3.63, 3.8) is 0 Å². The first kappa shape index (κ1) is 17.9. The molecule has 1 aliphatic heterocycles. The molecule has 1 aliphatic rings. The molecule has 0 aliphatic carbocycles. The van der Waals surface area contributed by atoms with E-state index in [-0.39, 0.29) is 29.8 Å². The molecule has 0 saturated carbocycles. The number of methoxy groups -OCH3 is 1.